The van der Waals surface area contributed by atoms with Crippen molar-refractivity contribution in [2.24, 2.45) is 0 Å². The average molecular weight is 795 g/mol. The molecule has 0 bridgehead atoms. The second kappa shape index (κ2) is 38.1. The molecule has 1 aromatic carbocycles. The highest BCUT2D eigenvalue weighted by molar-refractivity contribution is 5.88. The van der Waals surface area contributed by atoms with E-state index >= 15 is 0 Å². The number of allylic oxidation sites excluding steroid dienone is 4. The van der Waals surface area contributed by atoms with Gasteiger partial charge in [-0.05, 0) is 76.2 Å². The first kappa shape index (κ1) is 51.6. The first-order valence-electron chi connectivity index (χ1n) is 23.2. The topological polar surface area (TPSA) is 122 Å². The third-order valence-corrected chi connectivity index (χ3v) is 10.5. The summed E-state index contributed by atoms with van der Waals surface area (Å²) in [6.07, 6.45) is 40.8. The minimum Gasteiger partial charge on any atom is -0.480 e. The Morgan fingerprint density at radius 1 is 0.596 bits per heavy atom. The lowest BCUT2D eigenvalue weighted by Crippen LogP contribution is -2.46. The summed E-state index contributed by atoms with van der Waals surface area (Å²) in [6.45, 7) is 4.16. The summed E-state index contributed by atoms with van der Waals surface area (Å²) in [7, 11) is 0. The summed E-state index contributed by atoms with van der Waals surface area (Å²) in [5.41, 5.74) is 0.788. The first-order chi connectivity index (χ1) is 27.8. The van der Waals surface area contributed by atoms with Crippen LogP contribution >= 0.6 is 0 Å². The van der Waals surface area contributed by atoms with Crippen LogP contribution < -0.4 is 10.6 Å². The smallest absolute Gasteiger partial charge is 0.326 e. The number of carboxylic acids is 1. The molecular weight excluding hydrogens is 713 g/mol. The molecule has 0 saturated carbocycles. The van der Waals surface area contributed by atoms with E-state index in [1.807, 2.05) is 18.2 Å². The molecule has 0 saturated heterocycles. The summed E-state index contributed by atoms with van der Waals surface area (Å²) in [5.74, 6) is -2.40. The van der Waals surface area contributed by atoms with Crippen LogP contribution in [0.2, 0.25) is 0 Å². The summed E-state index contributed by atoms with van der Waals surface area (Å²) in [5, 5.41) is 14.7. The van der Waals surface area contributed by atoms with Crippen molar-refractivity contribution in [2.45, 2.75) is 219 Å². The maximum Gasteiger partial charge on any atom is 0.326 e. The van der Waals surface area contributed by atoms with Crippen LogP contribution in [0.5, 0.6) is 0 Å². The van der Waals surface area contributed by atoms with Crippen molar-refractivity contribution in [1.82, 2.24) is 10.6 Å². The Hall–Kier alpha value is -3.42. The van der Waals surface area contributed by atoms with Crippen molar-refractivity contribution in [3.8, 4) is 0 Å². The fourth-order valence-electron chi connectivity index (χ4n) is 6.98. The Labute approximate surface area is 347 Å². The first-order valence-corrected chi connectivity index (χ1v) is 23.2. The summed E-state index contributed by atoms with van der Waals surface area (Å²) in [6, 6.07) is 7.97. The summed E-state index contributed by atoms with van der Waals surface area (Å²) >= 11 is 0. The van der Waals surface area contributed by atoms with Gasteiger partial charge < -0.3 is 20.5 Å². The van der Waals surface area contributed by atoms with Gasteiger partial charge in [-0.25, -0.2) is 4.79 Å². The molecule has 324 valence electrons. The van der Waals surface area contributed by atoms with Crippen LogP contribution in [0.25, 0.3) is 0 Å². The van der Waals surface area contributed by atoms with Crippen LogP contribution in [0.4, 0.5) is 0 Å². The van der Waals surface area contributed by atoms with Gasteiger partial charge in [-0.15, -0.1) is 0 Å². The standard InChI is InChI=1S/C49H82N2O6/c1-3-5-7-9-11-13-15-17-19-21-23-25-27-29-34-38-44(41-46(52)50-42-47(53)51-45(49(55)56)40-43-36-32-31-33-37-43)57-48(54)39-35-30-28-26-24-22-20-18-16-14-12-10-8-6-4-2/h17-20,31-33,36-37,44-45H,3-16,21-30,34-35,38-42H2,1-2H3,(H,50,52)(H,51,53)(H,55,56)/b19-17+,20-18+/t44?,45-/m0/s1. The molecule has 0 aromatic heterocycles. The van der Waals surface area contributed by atoms with E-state index in [-0.39, 0.29) is 25.4 Å². The zero-order chi connectivity index (χ0) is 41.4. The van der Waals surface area contributed by atoms with Gasteiger partial charge >= 0.3 is 11.9 Å². The zero-order valence-electron chi connectivity index (χ0n) is 36.3. The molecule has 1 unspecified atom stereocenters. The molecule has 3 N–H and O–H groups in total. The molecule has 8 nitrogen and oxygen atoms in total. The van der Waals surface area contributed by atoms with Crippen LogP contribution in [-0.2, 0) is 30.3 Å². The lowest BCUT2D eigenvalue weighted by Gasteiger charge is -2.18. The molecule has 0 aliphatic carbocycles. The maximum atomic E-state index is 12.9. The van der Waals surface area contributed by atoms with Crippen LogP contribution in [0, 0.1) is 0 Å². The number of amides is 2. The highest BCUT2D eigenvalue weighted by Gasteiger charge is 2.22. The maximum absolute atomic E-state index is 12.9. The molecule has 0 fully saturated rings. The third-order valence-electron chi connectivity index (χ3n) is 10.5. The Bertz CT molecular complexity index is 1200. The number of rotatable bonds is 39. The van der Waals surface area contributed by atoms with Gasteiger partial charge in [-0.2, -0.15) is 0 Å². The molecule has 57 heavy (non-hydrogen) atoms. The molecule has 0 heterocycles. The van der Waals surface area contributed by atoms with Gasteiger partial charge in [0.25, 0.3) is 0 Å². The number of carbonyl (C=O) groups is 4. The van der Waals surface area contributed by atoms with Crippen molar-refractivity contribution in [3.63, 3.8) is 0 Å². The number of nitrogens with one attached hydrogen (secondary N) is 2. The van der Waals surface area contributed by atoms with E-state index in [4.69, 9.17) is 4.74 Å². The Balaban J connectivity index is 2.42. The van der Waals surface area contributed by atoms with E-state index in [2.05, 4.69) is 48.8 Å². The fourth-order valence-corrected chi connectivity index (χ4v) is 6.98. The average Bonchev–Trinajstić information content (AvgIpc) is 3.20. The van der Waals surface area contributed by atoms with Crippen LogP contribution in [-0.4, -0.2) is 47.6 Å². The molecule has 0 aliphatic heterocycles. The number of hydrogen-bond donors (Lipinski definition) is 3. The van der Waals surface area contributed by atoms with Crippen LogP contribution in [0.3, 0.4) is 0 Å². The second-order valence-corrected chi connectivity index (χ2v) is 15.9. The van der Waals surface area contributed by atoms with Crippen molar-refractivity contribution < 1.29 is 29.0 Å². The number of hydrogen-bond acceptors (Lipinski definition) is 5. The van der Waals surface area contributed by atoms with E-state index < -0.39 is 29.9 Å². The fraction of sp³-hybridized carbons (Fsp3) is 0.714. The third kappa shape index (κ3) is 33.3. The minimum atomic E-state index is -1.14. The van der Waals surface area contributed by atoms with Crippen molar-refractivity contribution >= 4 is 23.8 Å². The monoisotopic (exact) mass is 795 g/mol. The number of esters is 1. The van der Waals surface area contributed by atoms with Gasteiger partial charge in [0, 0.05) is 12.8 Å². The number of ether oxygens (including phenoxy) is 1. The van der Waals surface area contributed by atoms with E-state index in [9.17, 15) is 24.3 Å². The number of aliphatic carboxylic acids is 1. The number of carboxylic acid groups (broad SMARTS) is 1. The minimum absolute atomic E-state index is 0.0266. The zero-order valence-corrected chi connectivity index (χ0v) is 36.3. The second-order valence-electron chi connectivity index (χ2n) is 15.9. The molecule has 0 spiro atoms. The van der Waals surface area contributed by atoms with Crippen molar-refractivity contribution in [2.75, 3.05) is 6.54 Å². The van der Waals surface area contributed by atoms with Gasteiger partial charge in [-0.3, -0.25) is 14.4 Å². The van der Waals surface area contributed by atoms with Gasteiger partial charge in [0.2, 0.25) is 11.8 Å². The van der Waals surface area contributed by atoms with Crippen LogP contribution in [0.15, 0.2) is 54.6 Å². The molecular formula is C49H82N2O6. The van der Waals surface area contributed by atoms with E-state index in [0.717, 1.165) is 69.8 Å². The van der Waals surface area contributed by atoms with Gasteiger partial charge in [0.05, 0.1) is 13.0 Å². The molecule has 8 heteroatoms. The normalized spacial score (nSPS) is 12.5. The van der Waals surface area contributed by atoms with Crippen molar-refractivity contribution in [3.05, 3.63) is 60.2 Å². The molecule has 1 rings (SSSR count). The SMILES string of the molecule is CCCCCCCC/C=C/CCCCCCCC(=O)OC(CCCCCCC/C=C/CCCCCCCC)CC(=O)NCC(=O)N[C@@H](Cc1ccccc1)C(=O)O. The van der Waals surface area contributed by atoms with E-state index in [1.54, 1.807) is 12.1 Å². The molecule has 0 radical (unpaired) electrons. The number of carbonyl (C=O) groups excluding carboxylic acids is 3. The highest BCUT2D eigenvalue weighted by Crippen LogP contribution is 2.16. The summed E-state index contributed by atoms with van der Waals surface area (Å²) in [4.78, 5) is 50.1. The van der Waals surface area contributed by atoms with Crippen molar-refractivity contribution in [1.29, 1.82) is 0 Å². The molecule has 1 aromatic rings. The van der Waals surface area contributed by atoms with E-state index in [1.165, 1.54) is 103 Å². The predicted octanol–water partition coefficient (Wildman–Crippen LogP) is 12.3. The molecule has 2 amide bonds. The number of unbranched alkanes of at least 4 members (excludes halogenated alkanes) is 22. The quantitative estimate of drug-likeness (QED) is 0.0346. The van der Waals surface area contributed by atoms with Gasteiger partial charge in [0.1, 0.15) is 12.1 Å². The Kier molecular flexibility index (Phi) is 34.5. The molecule has 0 aliphatic rings. The Morgan fingerprint density at radius 3 is 1.54 bits per heavy atom. The molecule has 2 atom stereocenters. The largest absolute Gasteiger partial charge is 0.480 e. The lowest BCUT2D eigenvalue weighted by molar-refractivity contribution is -0.151. The predicted molar refractivity (Wildman–Crippen MR) is 236 cm³/mol. The van der Waals surface area contributed by atoms with Gasteiger partial charge in [0.15, 0.2) is 0 Å². The Morgan fingerprint density at radius 2 is 1.05 bits per heavy atom. The van der Waals surface area contributed by atoms with Crippen LogP contribution in [0.1, 0.15) is 206 Å². The highest BCUT2D eigenvalue weighted by atomic mass is 16.5. The number of benzene rings is 1. The van der Waals surface area contributed by atoms with Gasteiger partial charge in [-0.1, -0.05) is 171 Å². The summed E-state index contributed by atoms with van der Waals surface area (Å²) < 4.78 is 5.83. The lowest BCUT2D eigenvalue weighted by atomic mass is 10.0. The van der Waals surface area contributed by atoms with E-state index in [0.29, 0.717) is 12.8 Å².